The zero-order valence-electron chi connectivity index (χ0n) is 15.9. The van der Waals surface area contributed by atoms with Crippen LogP contribution < -0.4 is 11.1 Å². The number of carbonyl (C=O) groups is 1. The van der Waals surface area contributed by atoms with E-state index in [1.165, 1.54) is 12.1 Å². The third-order valence-corrected chi connectivity index (χ3v) is 7.20. The Balaban J connectivity index is 0.00000261. The quantitative estimate of drug-likeness (QED) is 0.745. The van der Waals surface area contributed by atoms with Gasteiger partial charge in [-0.2, -0.15) is 4.31 Å². The second kappa shape index (κ2) is 8.90. The average Bonchev–Trinajstić information content (AvgIpc) is 3.43. The molecule has 0 bridgehead atoms. The molecule has 1 saturated heterocycles. The molecule has 3 rings (SSSR count). The number of halogens is 1. The molecule has 3 unspecified atom stereocenters. The normalized spacial score (nSPS) is 24.7. The van der Waals surface area contributed by atoms with Gasteiger partial charge in [0.25, 0.3) is 5.91 Å². The van der Waals surface area contributed by atoms with E-state index in [0.29, 0.717) is 43.0 Å². The van der Waals surface area contributed by atoms with E-state index in [9.17, 15) is 13.2 Å². The summed E-state index contributed by atoms with van der Waals surface area (Å²) in [5.74, 6) is 0.992. The highest BCUT2D eigenvalue weighted by molar-refractivity contribution is 7.89. The fourth-order valence-corrected chi connectivity index (χ4v) is 5.53. The monoisotopic (exact) mass is 415 g/mol. The molecule has 3 atom stereocenters. The molecule has 1 aromatic rings. The third kappa shape index (κ3) is 5.22. The Labute approximate surface area is 168 Å². The van der Waals surface area contributed by atoms with Crippen molar-refractivity contribution >= 4 is 28.3 Å². The maximum Gasteiger partial charge on any atom is 0.251 e. The number of amides is 1. The van der Waals surface area contributed by atoms with E-state index in [1.807, 2.05) is 0 Å². The standard InChI is InChI=1S/C19H29N3O3S.ClH/c1-13-9-14(2)12-22(11-13)26(24,25)17-7-5-16(6-8-17)19(23)21-18(10-20)15-3-4-15;/h5-8,13-15,18H,3-4,9-12,20H2,1-2H3,(H,21,23);1H. The fourth-order valence-electron chi connectivity index (χ4n) is 3.85. The van der Waals surface area contributed by atoms with Gasteiger partial charge in [0.15, 0.2) is 0 Å². The number of piperidine rings is 1. The molecule has 8 heteroatoms. The Morgan fingerprint density at radius 3 is 2.22 bits per heavy atom. The lowest BCUT2D eigenvalue weighted by molar-refractivity contribution is 0.0933. The SMILES string of the molecule is CC1CC(C)CN(S(=O)(=O)c2ccc(C(=O)NC(CN)C3CC3)cc2)C1.Cl. The minimum absolute atomic E-state index is 0. The highest BCUT2D eigenvalue weighted by Gasteiger charge is 2.33. The van der Waals surface area contributed by atoms with Crippen LogP contribution in [0.4, 0.5) is 0 Å². The largest absolute Gasteiger partial charge is 0.348 e. The van der Waals surface area contributed by atoms with Crippen molar-refractivity contribution in [1.29, 1.82) is 0 Å². The van der Waals surface area contributed by atoms with Gasteiger partial charge in [-0.3, -0.25) is 4.79 Å². The first-order valence-electron chi connectivity index (χ1n) is 9.42. The maximum absolute atomic E-state index is 12.9. The second-order valence-electron chi connectivity index (χ2n) is 7.95. The summed E-state index contributed by atoms with van der Waals surface area (Å²) < 4.78 is 27.3. The summed E-state index contributed by atoms with van der Waals surface area (Å²) in [7, 11) is -3.52. The van der Waals surface area contributed by atoms with Crippen LogP contribution in [0.2, 0.25) is 0 Å². The molecule has 152 valence electrons. The minimum atomic E-state index is -3.52. The van der Waals surface area contributed by atoms with Crippen molar-refractivity contribution in [3.8, 4) is 0 Å². The van der Waals surface area contributed by atoms with Gasteiger partial charge < -0.3 is 11.1 Å². The predicted octanol–water partition coefficient (Wildman–Crippen LogP) is 2.24. The van der Waals surface area contributed by atoms with E-state index in [-0.39, 0.29) is 29.3 Å². The first-order chi connectivity index (χ1) is 12.3. The zero-order valence-corrected chi connectivity index (χ0v) is 17.6. The first-order valence-corrected chi connectivity index (χ1v) is 10.9. The zero-order chi connectivity index (χ0) is 18.9. The Bertz CT molecular complexity index is 740. The minimum Gasteiger partial charge on any atom is -0.348 e. The first kappa shape index (κ1) is 22.1. The molecule has 0 aromatic heterocycles. The van der Waals surface area contributed by atoms with Crippen LogP contribution in [0.25, 0.3) is 0 Å². The van der Waals surface area contributed by atoms with Gasteiger partial charge in [0, 0.05) is 31.2 Å². The van der Waals surface area contributed by atoms with Crippen LogP contribution in [-0.4, -0.2) is 44.3 Å². The molecule has 1 aliphatic heterocycles. The fraction of sp³-hybridized carbons (Fsp3) is 0.632. The third-order valence-electron chi connectivity index (χ3n) is 5.35. The number of benzene rings is 1. The van der Waals surface area contributed by atoms with Gasteiger partial charge >= 0.3 is 0 Å². The van der Waals surface area contributed by atoms with Crippen molar-refractivity contribution in [2.45, 2.75) is 44.0 Å². The van der Waals surface area contributed by atoms with Crippen LogP contribution in [0.1, 0.15) is 43.5 Å². The number of carbonyl (C=O) groups excluding carboxylic acids is 1. The number of nitrogens with two attached hydrogens (primary N) is 1. The van der Waals surface area contributed by atoms with Crippen molar-refractivity contribution in [3.63, 3.8) is 0 Å². The smallest absolute Gasteiger partial charge is 0.251 e. The van der Waals surface area contributed by atoms with Crippen molar-refractivity contribution in [3.05, 3.63) is 29.8 Å². The van der Waals surface area contributed by atoms with Gasteiger partial charge in [-0.05, 0) is 61.3 Å². The molecular formula is C19H30ClN3O3S. The molecule has 2 fully saturated rings. The summed E-state index contributed by atoms with van der Waals surface area (Å²) in [6, 6.07) is 6.23. The average molecular weight is 416 g/mol. The van der Waals surface area contributed by atoms with E-state index in [1.54, 1.807) is 16.4 Å². The lowest BCUT2D eigenvalue weighted by Crippen LogP contribution is -2.42. The van der Waals surface area contributed by atoms with Gasteiger partial charge in [0.2, 0.25) is 10.0 Å². The van der Waals surface area contributed by atoms with Gasteiger partial charge in [-0.15, -0.1) is 12.4 Å². The predicted molar refractivity (Wildman–Crippen MR) is 108 cm³/mol. The molecule has 2 aliphatic rings. The lowest BCUT2D eigenvalue weighted by Gasteiger charge is -2.34. The van der Waals surface area contributed by atoms with Crippen LogP contribution in [0.15, 0.2) is 29.2 Å². The molecule has 0 spiro atoms. The topological polar surface area (TPSA) is 92.5 Å². The molecule has 1 aliphatic carbocycles. The summed E-state index contributed by atoms with van der Waals surface area (Å²) in [6.45, 7) is 5.69. The van der Waals surface area contributed by atoms with Gasteiger partial charge in [0.1, 0.15) is 0 Å². The van der Waals surface area contributed by atoms with Crippen molar-refractivity contribution < 1.29 is 13.2 Å². The summed E-state index contributed by atoms with van der Waals surface area (Å²) in [5.41, 5.74) is 6.19. The van der Waals surface area contributed by atoms with E-state index >= 15 is 0 Å². The van der Waals surface area contributed by atoms with Crippen molar-refractivity contribution in [1.82, 2.24) is 9.62 Å². The number of hydrogen-bond acceptors (Lipinski definition) is 4. The molecule has 0 radical (unpaired) electrons. The molecule has 1 saturated carbocycles. The van der Waals surface area contributed by atoms with E-state index in [2.05, 4.69) is 19.2 Å². The van der Waals surface area contributed by atoms with Crippen LogP contribution in [0.3, 0.4) is 0 Å². The second-order valence-corrected chi connectivity index (χ2v) is 9.88. The lowest BCUT2D eigenvalue weighted by atomic mass is 9.94. The maximum atomic E-state index is 12.9. The number of sulfonamides is 1. The number of rotatable bonds is 6. The van der Waals surface area contributed by atoms with E-state index < -0.39 is 10.0 Å². The highest BCUT2D eigenvalue weighted by atomic mass is 35.5. The number of nitrogens with zero attached hydrogens (tertiary/aromatic N) is 1. The Morgan fingerprint density at radius 1 is 1.19 bits per heavy atom. The van der Waals surface area contributed by atoms with E-state index in [0.717, 1.165) is 19.3 Å². The van der Waals surface area contributed by atoms with Crippen LogP contribution in [0.5, 0.6) is 0 Å². The molecule has 1 amide bonds. The summed E-state index contributed by atoms with van der Waals surface area (Å²) in [4.78, 5) is 12.6. The van der Waals surface area contributed by atoms with Crippen LogP contribution in [-0.2, 0) is 10.0 Å². The van der Waals surface area contributed by atoms with Crippen molar-refractivity contribution in [2.75, 3.05) is 19.6 Å². The highest BCUT2D eigenvalue weighted by Crippen LogP contribution is 2.32. The van der Waals surface area contributed by atoms with Crippen LogP contribution in [0, 0.1) is 17.8 Å². The summed E-state index contributed by atoms with van der Waals surface area (Å²) in [5, 5.41) is 2.95. The van der Waals surface area contributed by atoms with Gasteiger partial charge in [-0.1, -0.05) is 13.8 Å². The number of hydrogen-bond donors (Lipinski definition) is 2. The van der Waals surface area contributed by atoms with Crippen LogP contribution >= 0.6 is 12.4 Å². The van der Waals surface area contributed by atoms with Crippen molar-refractivity contribution in [2.24, 2.45) is 23.5 Å². The summed E-state index contributed by atoms with van der Waals surface area (Å²) in [6.07, 6.45) is 3.26. The molecule has 1 aromatic carbocycles. The Hall–Kier alpha value is -1.15. The summed E-state index contributed by atoms with van der Waals surface area (Å²) >= 11 is 0. The van der Waals surface area contributed by atoms with E-state index in [4.69, 9.17) is 5.73 Å². The Kier molecular flexibility index (Phi) is 7.30. The molecule has 6 nitrogen and oxygen atoms in total. The molecule has 3 N–H and O–H groups in total. The Morgan fingerprint density at radius 2 is 1.74 bits per heavy atom. The number of nitrogens with one attached hydrogen (secondary N) is 1. The van der Waals surface area contributed by atoms with Gasteiger partial charge in [-0.25, -0.2) is 8.42 Å². The van der Waals surface area contributed by atoms with Gasteiger partial charge in [0.05, 0.1) is 4.90 Å². The molecule has 27 heavy (non-hydrogen) atoms. The molecular weight excluding hydrogens is 386 g/mol. The molecule has 1 heterocycles.